The predicted molar refractivity (Wildman–Crippen MR) is 110 cm³/mol. The standard InChI is InChI=1S/C22H26N2O2S/c1-15-12-18-19(27-15)10-11-23-20(18)25-14-17-13-24(22(2,3)4)21(26-17)16-8-6-5-7-9-16/h5-12,17,21H,13-14H2,1-4H3. The molecular weight excluding hydrogens is 356 g/mol. The van der Waals surface area contributed by atoms with E-state index in [2.05, 4.69) is 67.9 Å². The zero-order chi connectivity index (χ0) is 19.0. The molecule has 0 radical (unpaired) electrons. The second-order valence-corrected chi connectivity index (χ2v) is 9.33. The van der Waals surface area contributed by atoms with Crippen molar-refractivity contribution in [2.45, 2.75) is 45.6 Å². The second kappa shape index (κ2) is 7.23. The molecule has 27 heavy (non-hydrogen) atoms. The maximum absolute atomic E-state index is 6.40. The summed E-state index contributed by atoms with van der Waals surface area (Å²) in [5, 5.41) is 1.09. The van der Waals surface area contributed by atoms with Gasteiger partial charge >= 0.3 is 0 Å². The van der Waals surface area contributed by atoms with Crippen LogP contribution in [0, 0.1) is 6.92 Å². The Bertz CT molecular complexity index is 917. The van der Waals surface area contributed by atoms with Gasteiger partial charge in [0.1, 0.15) is 18.9 Å². The van der Waals surface area contributed by atoms with Gasteiger partial charge in [-0.05, 0) is 45.4 Å². The van der Waals surface area contributed by atoms with Crippen molar-refractivity contribution in [1.29, 1.82) is 0 Å². The van der Waals surface area contributed by atoms with E-state index in [1.807, 2.05) is 18.3 Å². The lowest BCUT2D eigenvalue weighted by molar-refractivity contribution is -0.0400. The average Bonchev–Trinajstić information content (AvgIpc) is 3.23. The number of hydrogen-bond acceptors (Lipinski definition) is 5. The maximum atomic E-state index is 6.40. The molecule has 1 aliphatic rings. The number of ether oxygens (including phenoxy) is 2. The summed E-state index contributed by atoms with van der Waals surface area (Å²) in [5.74, 6) is 0.700. The predicted octanol–water partition coefficient (Wildman–Crippen LogP) is 5.18. The molecule has 0 aliphatic carbocycles. The van der Waals surface area contributed by atoms with Crippen molar-refractivity contribution in [2.75, 3.05) is 13.2 Å². The van der Waals surface area contributed by atoms with Crippen molar-refractivity contribution >= 4 is 21.4 Å². The van der Waals surface area contributed by atoms with Gasteiger partial charge < -0.3 is 9.47 Å². The molecule has 0 amide bonds. The van der Waals surface area contributed by atoms with Gasteiger partial charge in [-0.2, -0.15) is 0 Å². The van der Waals surface area contributed by atoms with Gasteiger partial charge in [-0.1, -0.05) is 30.3 Å². The van der Waals surface area contributed by atoms with Crippen molar-refractivity contribution < 1.29 is 9.47 Å². The molecule has 142 valence electrons. The SMILES string of the molecule is Cc1cc2c(OCC3CN(C(C)(C)C)C(c4ccccc4)O3)nccc2s1. The van der Waals surface area contributed by atoms with Crippen molar-refractivity contribution in [3.63, 3.8) is 0 Å². The van der Waals surface area contributed by atoms with Crippen molar-refractivity contribution in [1.82, 2.24) is 9.88 Å². The number of fused-ring (bicyclic) bond motifs is 1. The van der Waals surface area contributed by atoms with Gasteiger partial charge in [-0.25, -0.2) is 4.98 Å². The summed E-state index contributed by atoms with van der Waals surface area (Å²) in [6, 6.07) is 14.6. The number of aromatic nitrogens is 1. The van der Waals surface area contributed by atoms with Crippen molar-refractivity contribution in [3.05, 3.63) is 59.1 Å². The second-order valence-electron chi connectivity index (χ2n) is 8.04. The summed E-state index contributed by atoms with van der Waals surface area (Å²) in [6.07, 6.45) is 1.77. The van der Waals surface area contributed by atoms with Crippen molar-refractivity contribution in [3.8, 4) is 5.88 Å². The molecule has 4 nitrogen and oxygen atoms in total. The van der Waals surface area contributed by atoms with E-state index in [0.717, 1.165) is 11.9 Å². The number of nitrogens with zero attached hydrogens (tertiary/aromatic N) is 2. The summed E-state index contributed by atoms with van der Waals surface area (Å²) in [5.41, 5.74) is 1.20. The fraction of sp³-hybridized carbons (Fsp3) is 0.409. The molecule has 0 spiro atoms. The molecule has 2 unspecified atom stereocenters. The number of aryl methyl sites for hydroxylation is 1. The monoisotopic (exact) mass is 382 g/mol. The van der Waals surface area contributed by atoms with E-state index in [1.165, 1.54) is 15.1 Å². The molecule has 2 atom stereocenters. The first-order chi connectivity index (χ1) is 12.9. The van der Waals surface area contributed by atoms with Crippen LogP contribution in [0.25, 0.3) is 10.1 Å². The fourth-order valence-electron chi connectivity index (χ4n) is 3.56. The minimum atomic E-state index is -0.0491. The van der Waals surface area contributed by atoms with Crippen LogP contribution in [0.4, 0.5) is 0 Å². The van der Waals surface area contributed by atoms with Gasteiger partial charge in [0.2, 0.25) is 5.88 Å². The highest BCUT2D eigenvalue weighted by Crippen LogP contribution is 2.36. The molecule has 1 saturated heterocycles. The molecule has 3 heterocycles. The third kappa shape index (κ3) is 3.86. The van der Waals surface area contributed by atoms with Crippen molar-refractivity contribution in [2.24, 2.45) is 0 Å². The Morgan fingerprint density at radius 2 is 2.00 bits per heavy atom. The van der Waals surface area contributed by atoms with Crippen LogP contribution in [0.3, 0.4) is 0 Å². The Morgan fingerprint density at radius 3 is 2.74 bits per heavy atom. The van der Waals surface area contributed by atoms with Gasteiger partial charge in [-0.3, -0.25) is 4.90 Å². The van der Waals surface area contributed by atoms with Crippen LogP contribution in [-0.4, -0.2) is 34.7 Å². The largest absolute Gasteiger partial charge is 0.474 e. The number of pyridine rings is 1. The lowest BCUT2D eigenvalue weighted by Gasteiger charge is -2.35. The van der Waals surface area contributed by atoms with E-state index in [-0.39, 0.29) is 17.9 Å². The highest BCUT2D eigenvalue weighted by atomic mass is 32.1. The van der Waals surface area contributed by atoms with Crippen LogP contribution >= 0.6 is 11.3 Å². The van der Waals surface area contributed by atoms with Gasteiger partial charge in [-0.15, -0.1) is 11.3 Å². The minimum Gasteiger partial charge on any atom is -0.474 e. The zero-order valence-corrected chi connectivity index (χ0v) is 17.1. The number of benzene rings is 1. The first-order valence-corrected chi connectivity index (χ1v) is 10.2. The van der Waals surface area contributed by atoms with Crippen LogP contribution in [0.2, 0.25) is 0 Å². The number of hydrogen-bond donors (Lipinski definition) is 0. The molecular formula is C22H26N2O2S. The zero-order valence-electron chi connectivity index (χ0n) is 16.3. The normalized spacial score (nSPS) is 21.0. The van der Waals surface area contributed by atoms with E-state index >= 15 is 0 Å². The highest BCUT2D eigenvalue weighted by molar-refractivity contribution is 7.19. The highest BCUT2D eigenvalue weighted by Gasteiger charge is 2.40. The molecule has 0 N–H and O–H groups in total. The van der Waals surface area contributed by atoms with E-state index in [9.17, 15) is 0 Å². The molecule has 1 aromatic carbocycles. The van der Waals surface area contributed by atoms with Gasteiger partial charge in [0.05, 0.1) is 5.39 Å². The molecule has 3 aromatic rings. The van der Waals surface area contributed by atoms with Crippen LogP contribution < -0.4 is 4.74 Å². The minimum absolute atomic E-state index is 0.00576. The number of thiophene rings is 1. The molecule has 5 heteroatoms. The third-order valence-electron chi connectivity index (χ3n) is 4.89. The first-order valence-electron chi connectivity index (χ1n) is 9.37. The molecule has 2 aromatic heterocycles. The van der Waals surface area contributed by atoms with Gasteiger partial charge in [0, 0.05) is 27.9 Å². The first kappa shape index (κ1) is 18.4. The quantitative estimate of drug-likeness (QED) is 0.623. The van der Waals surface area contributed by atoms with E-state index in [1.54, 1.807) is 11.3 Å². The summed E-state index contributed by atoms with van der Waals surface area (Å²) in [7, 11) is 0. The van der Waals surface area contributed by atoms with Gasteiger partial charge in [0.15, 0.2) is 0 Å². The fourth-order valence-corrected chi connectivity index (χ4v) is 4.47. The smallest absolute Gasteiger partial charge is 0.222 e. The third-order valence-corrected chi connectivity index (χ3v) is 5.90. The Labute approximate surface area is 164 Å². The summed E-state index contributed by atoms with van der Waals surface area (Å²) < 4.78 is 13.7. The Balaban J connectivity index is 1.51. The number of rotatable bonds is 4. The van der Waals surface area contributed by atoms with E-state index in [0.29, 0.717) is 12.5 Å². The van der Waals surface area contributed by atoms with Crippen LogP contribution in [-0.2, 0) is 4.74 Å². The summed E-state index contributed by atoms with van der Waals surface area (Å²) in [6.45, 7) is 10.1. The lowest BCUT2D eigenvalue weighted by atomic mass is 10.0. The summed E-state index contributed by atoms with van der Waals surface area (Å²) in [4.78, 5) is 8.11. The van der Waals surface area contributed by atoms with Crippen LogP contribution in [0.1, 0.15) is 37.4 Å². The summed E-state index contributed by atoms with van der Waals surface area (Å²) >= 11 is 1.77. The van der Waals surface area contributed by atoms with Crippen LogP contribution in [0.15, 0.2) is 48.7 Å². The molecule has 0 bridgehead atoms. The van der Waals surface area contributed by atoms with Crippen LogP contribution in [0.5, 0.6) is 5.88 Å². The lowest BCUT2D eigenvalue weighted by Crippen LogP contribution is -2.42. The average molecular weight is 383 g/mol. The Hall–Kier alpha value is -1.95. The van der Waals surface area contributed by atoms with E-state index < -0.39 is 0 Å². The van der Waals surface area contributed by atoms with E-state index in [4.69, 9.17) is 9.47 Å². The topological polar surface area (TPSA) is 34.6 Å². The Morgan fingerprint density at radius 1 is 1.22 bits per heavy atom. The molecule has 4 rings (SSSR count). The maximum Gasteiger partial charge on any atom is 0.222 e. The molecule has 0 saturated carbocycles. The Kier molecular flexibility index (Phi) is 4.93. The molecule has 1 fully saturated rings. The molecule has 1 aliphatic heterocycles. The van der Waals surface area contributed by atoms with Gasteiger partial charge in [0.25, 0.3) is 0 Å².